The molecule has 0 saturated heterocycles. The van der Waals surface area contributed by atoms with E-state index in [0.717, 1.165) is 18.6 Å². The average Bonchev–Trinajstić information content (AvgIpc) is 2.30. The molecule has 0 radical (unpaired) electrons. The molecule has 1 aromatic rings. The number of nitrogens with one attached hydrogen (secondary N) is 1. The van der Waals surface area contributed by atoms with Crippen molar-refractivity contribution in [3.8, 4) is 0 Å². The van der Waals surface area contributed by atoms with Crippen molar-refractivity contribution in [3.63, 3.8) is 0 Å². The normalized spacial score (nSPS) is 13.2. The third-order valence-corrected chi connectivity index (χ3v) is 4.41. The van der Waals surface area contributed by atoms with Gasteiger partial charge in [-0.25, -0.2) is 22.3 Å². The summed E-state index contributed by atoms with van der Waals surface area (Å²) in [6.45, 7) is 3.52. The number of carboxylic acid groups (broad SMARTS) is 1. The van der Waals surface area contributed by atoms with Crippen molar-refractivity contribution in [2.24, 2.45) is 0 Å². The summed E-state index contributed by atoms with van der Waals surface area (Å²) in [6, 6.07) is 1.37. The molecule has 1 unspecified atom stereocenters. The van der Waals surface area contributed by atoms with Gasteiger partial charge in [0.1, 0.15) is 4.90 Å². The quantitative estimate of drug-likeness (QED) is 0.843. The maximum Gasteiger partial charge on any atom is 0.338 e. The number of hydrogen-bond donors (Lipinski definition) is 2. The number of halogens is 2. The summed E-state index contributed by atoms with van der Waals surface area (Å²) in [5.74, 6) is -2.90. The Balaban J connectivity index is 3.28. The second-order valence-electron chi connectivity index (χ2n) is 4.38. The fraction of sp³-hybridized carbons (Fsp3) is 0.417. The first-order valence-corrected chi connectivity index (χ1v) is 7.79. The lowest BCUT2D eigenvalue weighted by molar-refractivity contribution is 0.0691. The molecule has 112 valence electrons. The highest BCUT2D eigenvalue weighted by Crippen LogP contribution is 2.24. The lowest BCUT2D eigenvalue weighted by Gasteiger charge is -2.14. The van der Waals surface area contributed by atoms with Crippen LogP contribution in [0, 0.1) is 5.82 Å². The molecule has 8 heteroatoms. The molecule has 0 bridgehead atoms. The summed E-state index contributed by atoms with van der Waals surface area (Å²) in [5, 5.41) is 8.67. The number of rotatable bonds is 6. The van der Waals surface area contributed by atoms with E-state index in [1.165, 1.54) is 0 Å². The van der Waals surface area contributed by atoms with Gasteiger partial charge in [-0.15, -0.1) is 0 Å². The van der Waals surface area contributed by atoms with Crippen molar-refractivity contribution in [2.75, 3.05) is 0 Å². The van der Waals surface area contributed by atoms with Crippen LogP contribution in [-0.2, 0) is 10.0 Å². The molecular weight excluding hydrogens is 309 g/mol. The predicted octanol–water partition coefficient (Wildman–Crippen LogP) is 2.64. The molecule has 2 N–H and O–H groups in total. The maximum absolute atomic E-state index is 14.0. The van der Waals surface area contributed by atoms with Crippen molar-refractivity contribution in [1.82, 2.24) is 4.72 Å². The molecule has 0 aliphatic rings. The molecule has 0 aliphatic heterocycles. The lowest BCUT2D eigenvalue weighted by Crippen LogP contribution is -2.33. The van der Waals surface area contributed by atoms with Gasteiger partial charge in [-0.1, -0.05) is 24.9 Å². The van der Waals surface area contributed by atoms with Gasteiger partial charge in [-0.3, -0.25) is 0 Å². The van der Waals surface area contributed by atoms with Crippen molar-refractivity contribution in [2.45, 2.75) is 37.6 Å². The Morgan fingerprint density at radius 3 is 2.60 bits per heavy atom. The van der Waals surface area contributed by atoms with Gasteiger partial charge in [-0.2, -0.15) is 0 Å². The van der Waals surface area contributed by atoms with Gasteiger partial charge in [0.25, 0.3) is 0 Å². The zero-order valence-electron chi connectivity index (χ0n) is 11.0. The Hall–Kier alpha value is -1.18. The minimum absolute atomic E-state index is 0.160. The van der Waals surface area contributed by atoms with Crippen LogP contribution in [0.3, 0.4) is 0 Å². The van der Waals surface area contributed by atoms with E-state index in [-0.39, 0.29) is 5.02 Å². The fourth-order valence-corrected chi connectivity index (χ4v) is 3.42. The van der Waals surface area contributed by atoms with Gasteiger partial charge in [0.05, 0.1) is 5.56 Å². The molecule has 1 rings (SSSR count). The zero-order chi connectivity index (χ0) is 15.5. The Morgan fingerprint density at radius 2 is 2.10 bits per heavy atom. The summed E-state index contributed by atoms with van der Waals surface area (Å²) in [7, 11) is -4.16. The van der Waals surface area contributed by atoms with E-state index in [4.69, 9.17) is 16.7 Å². The first kappa shape index (κ1) is 16.9. The highest BCUT2D eigenvalue weighted by molar-refractivity contribution is 7.89. The van der Waals surface area contributed by atoms with Crippen molar-refractivity contribution >= 4 is 27.6 Å². The van der Waals surface area contributed by atoms with E-state index in [1.807, 2.05) is 6.92 Å². The summed E-state index contributed by atoms with van der Waals surface area (Å²) in [6.07, 6.45) is 1.33. The van der Waals surface area contributed by atoms with E-state index in [0.29, 0.717) is 6.42 Å². The van der Waals surface area contributed by atoms with Gasteiger partial charge in [-0.05, 0) is 25.5 Å². The topological polar surface area (TPSA) is 83.5 Å². The van der Waals surface area contributed by atoms with Crippen LogP contribution in [0.15, 0.2) is 17.0 Å². The van der Waals surface area contributed by atoms with Crippen LogP contribution in [0.2, 0.25) is 5.02 Å². The predicted molar refractivity (Wildman–Crippen MR) is 73.1 cm³/mol. The van der Waals surface area contributed by atoms with E-state index in [1.54, 1.807) is 6.92 Å². The van der Waals surface area contributed by atoms with Crippen LogP contribution in [-0.4, -0.2) is 25.5 Å². The maximum atomic E-state index is 14.0. The van der Waals surface area contributed by atoms with E-state index in [2.05, 4.69) is 4.72 Å². The Morgan fingerprint density at radius 1 is 1.50 bits per heavy atom. The standard InChI is InChI=1S/C12H15ClFNO4S/c1-3-4-7(2)15-20(18,19)10-6-8(13)5-9(11(10)14)12(16)17/h5-7,15H,3-4H2,1-2H3,(H,16,17). The van der Waals surface area contributed by atoms with Gasteiger partial charge >= 0.3 is 5.97 Å². The Kier molecular flexibility index (Phi) is 5.50. The van der Waals surface area contributed by atoms with Gasteiger partial charge < -0.3 is 5.11 Å². The smallest absolute Gasteiger partial charge is 0.338 e. The van der Waals surface area contributed by atoms with E-state index >= 15 is 0 Å². The molecule has 0 amide bonds. The average molecular weight is 324 g/mol. The number of carboxylic acids is 1. The molecule has 1 atom stereocenters. The number of sulfonamides is 1. The molecule has 20 heavy (non-hydrogen) atoms. The number of carbonyl (C=O) groups is 1. The van der Waals surface area contributed by atoms with Crippen molar-refractivity contribution in [3.05, 3.63) is 28.5 Å². The number of aromatic carboxylic acids is 1. The molecule has 0 aromatic heterocycles. The number of hydrogen-bond acceptors (Lipinski definition) is 3. The van der Waals surface area contributed by atoms with Crippen LogP contribution in [0.4, 0.5) is 4.39 Å². The molecule has 0 spiro atoms. The van der Waals surface area contributed by atoms with Crippen LogP contribution >= 0.6 is 11.6 Å². The van der Waals surface area contributed by atoms with Crippen LogP contribution in [0.25, 0.3) is 0 Å². The summed E-state index contributed by atoms with van der Waals surface area (Å²) < 4.78 is 40.4. The summed E-state index contributed by atoms with van der Waals surface area (Å²) >= 11 is 5.65. The third-order valence-electron chi connectivity index (χ3n) is 2.60. The Bertz CT molecular complexity index is 618. The van der Waals surface area contributed by atoms with Crippen LogP contribution in [0.5, 0.6) is 0 Å². The minimum Gasteiger partial charge on any atom is -0.478 e. The minimum atomic E-state index is -4.16. The van der Waals surface area contributed by atoms with Gasteiger partial charge in [0.15, 0.2) is 5.82 Å². The largest absolute Gasteiger partial charge is 0.478 e. The van der Waals surface area contributed by atoms with E-state index < -0.39 is 38.3 Å². The molecular formula is C12H15ClFNO4S. The van der Waals surface area contributed by atoms with Gasteiger partial charge in [0, 0.05) is 11.1 Å². The molecule has 1 aromatic carbocycles. The molecule has 0 fully saturated rings. The highest BCUT2D eigenvalue weighted by Gasteiger charge is 2.26. The Labute approximate surface area is 121 Å². The molecule has 0 heterocycles. The SMILES string of the molecule is CCCC(C)NS(=O)(=O)c1cc(Cl)cc(C(=O)O)c1F. The van der Waals surface area contributed by atoms with E-state index in [9.17, 15) is 17.6 Å². The number of benzene rings is 1. The summed E-state index contributed by atoms with van der Waals surface area (Å²) in [5.41, 5.74) is -0.777. The molecule has 5 nitrogen and oxygen atoms in total. The second-order valence-corrected chi connectivity index (χ2v) is 6.50. The first-order valence-electron chi connectivity index (χ1n) is 5.93. The van der Waals surface area contributed by atoms with Crippen molar-refractivity contribution < 1.29 is 22.7 Å². The lowest BCUT2D eigenvalue weighted by atomic mass is 10.2. The zero-order valence-corrected chi connectivity index (χ0v) is 12.6. The van der Waals surface area contributed by atoms with Gasteiger partial charge in [0.2, 0.25) is 10.0 Å². The highest BCUT2D eigenvalue weighted by atomic mass is 35.5. The van der Waals surface area contributed by atoms with Crippen LogP contribution < -0.4 is 4.72 Å². The fourth-order valence-electron chi connectivity index (χ4n) is 1.74. The molecule has 0 aliphatic carbocycles. The monoisotopic (exact) mass is 323 g/mol. The van der Waals surface area contributed by atoms with Crippen molar-refractivity contribution in [1.29, 1.82) is 0 Å². The third kappa shape index (κ3) is 3.91. The van der Waals surface area contributed by atoms with Crippen LogP contribution in [0.1, 0.15) is 37.0 Å². The second kappa shape index (κ2) is 6.51. The molecule has 0 saturated carbocycles. The summed E-state index contributed by atoms with van der Waals surface area (Å²) in [4.78, 5) is 10.1. The first-order chi connectivity index (χ1) is 9.19.